The Morgan fingerprint density at radius 2 is 1.68 bits per heavy atom. The first-order chi connectivity index (χ1) is 10.4. The van der Waals surface area contributed by atoms with E-state index in [9.17, 15) is 17.2 Å². The van der Waals surface area contributed by atoms with Crippen LogP contribution in [-0.2, 0) is 16.4 Å². The van der Waals surface area contributed by atoms with Crippen molar-refractivity contribution in [2.75, 3.05) is 7.05 Å². The second-order valence-electron chi connectivity index (χ2n) is 5.33. The first-order valence-electron chi connectivity index (χ1n) is 6.93. The molecule has 2 aromatic carbocycles. The molecule has 0 bridgehead atoms. The normalized spacial score (nSPS) is 17.7. The molecule has 1 unspecified atom stereocenters. The van der Waals surface area contributed by atoms with Crippen LogP contribution in [0.4, 0.5) is 8.78 Å². The zero-order valence-electron chi connectivity index (χ0n) is 12.0. The van der Waals surface area contributed by atoms with Crippen LogP contribution in [-0.4, -0.2) is 19.8 Å². The average molecular weight is 323 g/mol. The molecular weight excluding hydrogens is 308 g/mol. The van der Waals surface area contributed by atoms with E-state index in [1.807, 2.05) is 24.3 Å². The molecule has 0 N–H and O–H groups in total. The maximum atomic E-state index is 13.8. The van der Waals surface area contributed by atoms with Gasteiger partial charge in [-0.25, -0.2) is 17.2 Å². The van der Waals surface area contributed by atoms with Gasteiger partial charge in [-0.2, -0.15) is 4.31 Å². The average Bonchev–Trinajstić information content (AvgIpc) is 2.89. The molecule has 0 fully saturated rings. The van der Waals surface area contributed by atoms with E-state index < -0.39 is 32.6 Å². The van der Waals surface area contributed by atoms with E-state index in [0.29, 0.717) is 6.42 Å². The standard InChI is InChI=1S/C16H15F2NO2S/c1-19(15-10-9-11-5-2-3-6-12(11)15)22(20,21)16-13(17)7-4-8-14(16)18/h2-8,15H,9-10H2,1H3. The molecule has 0 spiro atoms. The van der Waals surface area contributed by atoms with Gasteiger partial charge in [0.05, 0.1) is 6.04 Å². The summed E-state index contributed by atoms with van der Waals surface area (Å²) in [5, 5.41) is 0. The van der Waals surface area contributed by atoms with E-state index in [-0.39, 0.29) is 0 Å². The minimum absolute atomic E-state index is 0.403. The third-order valence-corrected chi connectivity index (χ3v) is 6.01. The van der Waals surface area contributed by atoms with Crippen molar-refractivity contribution in [1.82, 2.24) is 4.31 Å². The third kappa shape index (κ3) is 2.32. The molecule has 0 aliphatic heterocycles. The van der Waals surface area contributed by atoms with Gasteiger partial charge in [0.2, 0.25) is 10.0 Å². The Hall–Kier alpha value is -1.79. The molecule has 116 valence electrons. The first-order valence-corrected chi connectivity index (χ1v) is 8.37. The highest BCUT2D eigenvalue weighted by atomic mass is 32.2. The Labute approximate surface area is 128 Å². The van der Waals surface area contributed by atoms with E-state index >= 15 is 0 Å². The Morgan fingerprint density at radius 1 is 1.05 bits per heavy atom. The fourth-order valence-electron chi connectivity index (χ4n) is 2.95. The minimum Gasteiger partial charge on any atom is -0.207 e. The van der Waals surface area contributed by atoms with Gasteiger partial charge < -0.3 is 0 Å². The summed E-state index contributed by atoms with van der Waals surface area (Å²) in [6.45, 7) is 0. The summed E-state index contributed by atoms with van der Waals surface area (Å²) in [5.41, 5.74) is 1.97. The van der Waals surface area contributed by atoms with E-state index in [4.69, 9.17) is 0 Å². The number of hydrogen-bond acceptors (Lipinski definition) is 2. The number of halogens is 2. The Morgan fingerprint density at radius 3 is 2.36 bits per heavy atom. The molecule has 0 radical (unpaired) electrons. The summed E-state index contributed by atoms with van der Waals surface area (Å²) in [7, 11) is -2.87. The van der Waals surface area contributed by atoms with Crippen molar-refractivity contribution >= 4 is 10.0 Å². The van der Waals surface area contributed by atoms with Crippen molar-refractivity contribution in [1.29, 1.82) is 0 Å². The van der Waals surface area contributed by atoms with Crippen LogP contribution in [0.15, 0.2) is 47.4 Å². The summed E-state index contributed by atoms with van der Waals surface area (Å²) in [6.07, 6.45) is 1.35. The summed E-state index contributed by atoms with van der Waals surface area (Å²) in [5.74, 6) is -2.14. The number of aryl methyl sites for hydroxylation is 1. The van der Waals surface area contributed by atoms with E-state index in [1.165, 1.54) is 7.05 Å². The molecule has 3 rings (SSSR count). The van der Waals surface area contributed by atoms with Crippen LogP contribution in [0.3, 0.4) is 0 Å². The van der Waals surface area contributed by atoms with Gasteiger partial charge in [-0.1, -0.05) is 30.3 Å². The largest absolute Gasteiger partial charge is 0.249 e. The lowest BCUT2D eigenvalue weighted by Crippen LogP contribution is -2.31. The third-order valence-electron chi connectivity index (χ3n) is 4.10. The first kappa shape index (κ1) is 15.1. The summed E-state index contributed by atoms with van der Waals surface area (Å²) in [6, 6.07) is 10.2. The quantitative estimate of drug-likeness (QED) is 0.869. The van der Waals surface area contributed by atoms with Gasteiger partial charge in [0.1, 0.15) is 11.6 Å². The fraction of sp³-hybridized carbons (Fsp3) is 0.250. The van der Waals surface area contributed by atoms with Crippen LogP contribution in [0.5, 0.6) is 0 Å². The van der Waals surface area contributed by atoms with Crippen molar-refractivity contribution in [3.8, 4) is 0 Å². The smallest absolute Gasteiger partial charge is 0.207 e. The molecule has 0 heterocycles. The van der Waals surface area contributed by atoms with Gasteiger partial charge in [-0.15, -0.1) is 0 Å². The molecule has 2 aromatic rings. The summed E-state index contributed by atoms with van der Waals surface area (Å²) in [4.78, 5) is -0.887. The Bertz CT molecular complexity index is 800. The molecule has 6 heteroatoms. The predicted molar refractivity (Wildman–Crippen MR) is 78.8 cm³/mol. The van der Waals surface area contributed by atoms with Crippen molar-refractivity contribution in [2.45, 2.75) is 23.8 Å². The van der Waals surface area contributed by atoms with Crippen molar-refractivity contribution in [2.24, 2.45) is 0 Å². The zero-order valence-corrected chi connectivity index (χ0v) is 12.8. The second-order valence-corrected chi connectivity index (χ2v) is 7.26. The van der Waals surface area contributed by atoms with Crippen LogP contribution in [0, 0.1) is 11.6 Å². The fourth-order valence-corrected chi connectivity index (χ4v) is 4.42. The van der Waals surface area contributed by atoms with Crippen molar-refractivity contribution in [3.05, 3.63) is 65.2 Å². The second kappa shape index (κ2) is 5.44. The SMILES string of the molecule is CN(C1CCc2ccccc21)S(=O)(=O)c1c(F)cccc1F. The molecule has 1 aliphatic rings. The van der Waals surface area contributed by atoms with Gasteiger partial charge in [-0.3, -0.25) is 0 Å². The molecular formula is C16H15F2NO2S. The number of nitrogens with zero attached hydrogens (tertiary/aromatic N) is 1. The van der Waals surface area contributed by atoms with Gasteiger partial charge in [0.25, 0.3) is 0 Å². The lowest BCUT2D eigenvalue weighted by Gasteiger charge is -2.25. The van der Waals surface area contributed by atoms with Crippen LogP contribution in [0.1, 0.15) is 23.6 Å². The molecule has 1 atom stereocenters. The van der Waals surface area contributed by atoms with E-state index in [2.05, 4.69) is 0 Å². The van der Waals surface area contributed by atoms with Crippen molar-refractivity contribution < 1.29 is 17.2 Å². The van der Waals surface area contributed by atoms with E-state index in [0.717, 1.165) is 40.1 Å². The monoisotopic (exact) mass is 323 g/mol. The van der Waals surface area contributed by atoms with Crippen molar-refractivity contribution in [3.63, 3.8) is 0 Å². The topological polar surface area (TPSA) is 37.4 Å². The maximum Gasteiger partial charge on any atom is 0.249 e. The maximum absolute atomic E-state index is 13.8. The highest BCUT2D eigenvalue weighted by Crippen LogP contribution is 2.38. The van der Waals surface area contributed by atoms with Gasteiger partial charge in [-0.05, 0) is 36.1 Å². The molecule has 0 amide bonds. The number of benzene rings is 2. The van der Waals surface area contributed by atoms with Crippen LogP contribution < -0.4 is 0 Å². The zero-order chi connectivity index (χ0) is 15.9. The lowest BCUT2D eigenvalue weighted by atomic mass is 10.1. The van der Waals surface area contributed by atoms with E-state index in [1.54, 1.807) is 0 Å². The molecule has 22 heavy (non-hydrogen) atoms. The molecule has 3 nitrogen and oxygen atoms in total. The van der Waals surface area contributed by atoms with Gasteiger partial charge in [0, 0.05) is 7.05 Å². The highest BCUT2D eigenvalue weighted by molar-refractivity contribution is 7.89. The number of sulfonamides is 1. The van der Waals surface area contributed by atoms with Crippen LogP contribution in [0.25, 0.3) is 0 Å². The Kier molecular flexibility index (Phi) is 3.74. The van der Waals surface area contributed by atoms with Crippen LogP contribution in [0.2, 0.25) is 0 Å². The minimum atomic E-state index is -4.24. The summed E-state index contributed by atoms with van der Waals surface area (Å²) < 4.78 is 54.0. The van der Waals surface area contributed by atoms with Gasteiger partial charge in [0.15, 0.2) is 4.90 Å². The molecule has 0 aromatic heterocycles. The predicted octanol–water partition coefficient (Wildman–Crippen LogP) is 3.27. The summed E-state index contributed by atoms with van der Waals surface area (Å²) >= 11 is 0. The van der Waals surface area contributed by atoms with Crippen LogP contribution >= 0.6 is 0 Å². The number of hydrogen-bond donors (Lipinski definition) is 0. The Balaban J connectivity index is 2.04. The molecule has 0 saturated carbocycles. The molecule has 0 saturated heterocycles. The molecule has 1 aliphatic carbocycles. The van der Waals surface area contributed by atoms with Gasteiger partial charge >= 0.3 is 0 Å². The number of rotatable bonds is 3. The highest BCUT2D eigenvalue weighted by Gasteiger charge is 2.36. The lowest BCUT2D eigenvalue weighted by molar-refractivity contribution is 0.368. The number of fused-ring (bicyclic) bond motifs is 1.